The molecule has 0 aliphatic rings. The highest BCUT2D eigenvalue weighted by atomic mass is 32.1. The van der Waals surface area contributed by atoms with E-state index < -0.39 is 5.97 Å². The molecule has 6 heteroatoms. The third kappa shape index (κ3) is 6.80. The van der Waals surface area contributed by atoms with Crippen LogP contribution in [0.1, 0.15) is 41.6 Å². The van der Waals surface area contributed by atoms with E-state index >= 15 is 0 Å². The molecule has 2 rings (SSSR count). The lowest BCUT2D eigenvalue weighted by Crippen LogP contribution is -2.30. The fourth-order valence-corrected chi connectivity index (χ4v) is 2.84. The number of aromatic nitrogens is 1. The fourth-order valence-electron chi connectivity index (χ4n) is 2.26. The third-order valence-corrected chi connectivity index (χ3v) is 4.55. The second-order valence-electron chi connectivity index (χ2n) is 6.23. The molecule has 0 atom stereocenters. The second kappa shape index (κ2) is 9.87. The largest absolute Gasteiger partial charge is 0.452 e. The number of carbonyl (C=O) groups is 2. The molecule has 1 amide bonds. The van der Waals surface area contributed by atoms with Crippen molar-refractivity contribution in [3.05, 3.63) is 57.6 Å². The Balaban J connectivity index is 1.65. The lowest BCUT2D eigenvalue weighted by Gasteiger charge is -2.08. The number of aryl methyl sites for hydroxylation is 1. The van der Waals surface area contributed by atoms with E-state index in [0.29, 0.717) is 18.2 Å². The summed E-state index contributed by atoms with van der Waals surface area (Å²) in [5, 5.41) is 5.52. The van der Waals surface area contributed by atoms with Crippen molar-refractivity contribution in [2.75, 3.05) is 13.2 Å². The van der Waals surface area contributed by atoms with Crippen LogP contribution in [0.3, 0.4) is 0 Å². The first-order valence-electron chi connectivity index (χ1n) is 8.56. The third-order valence-electron chi connectivity index (χ3n) is 3.75. The molecule has 0 spiro atoms. The Labute approximate surface area is 158 Å². The molecule has 0 aliphatic heterocycles. The van der Waals surface area contributed by atoms with Gasteiger partial charge in [0.25, 0.3) is 5.91 Å². The molecule has 2 aromatic rings. The van der Waals surface area contributed by atoms with Gasteiger partial charge in [0, 0.05) is 18.0 Å². The topological polar surface area (TPSA) is 68.3 Å². The Morgan fingerprint density at radius 1 is 1.27 bits per heavy atom. The number of nitrogens with one attached hydrogen (secondary N) is 1. The number of hydrogen-bond acceptors (Lipinski definition) is 5. The molecule has 0 saturated carbocycles. The number of hydrogen-bond donors (Lipinski definition) is 1. The first kappa shape index (κ1) is 19.8. The molecule has 0 aliphatic carbocycles. The van der Waals surface area contributed by atoms with E-state index in [9.17, 15) is 9.59 Å². The highest BCUT2D eigenvalue weighted by Gasteiger charge is 2.05. The first-order chi connectivity index (χ1) is 12.4. The molecule has 138 valence electrons. The molecular formula is C20H24N2O3S. The number of esters is 1. The van der Waals surface area contributed by atoms with Crippen molar-refractivity contribution in [1.82, 2.24) is 10.3 Å². The zero-order valence-electron chi connectivity index (χ0n) is 15.3. The smallest absolute Gasteiger partial charge is 0.331 e. The van der Waals surface area contributed by atoms with Gasteiger partial charge in [0.1, 0.15) is 0 Å². The summed E-state index contributed by atoms with van der Waals surface area (Å²) in [5.41, 5.74) is 3.16. The average molecular weight is 372 g/mol. The van der Waals surface area contributed by atoms with Crippen molar-refractivity contribution in [2.45, 2.75) is 33.1 Å². The predicted molar refractivity (Wildman–Crippen MR) is 104 cm³/mol. The van der Waals surface area contributed by atoms with Crippen molar-refractivity contribution in [3.63, 3.8) is 0 Å². The zero-order chi connectivity index (χ0) is 18.9. The van der Waals surface area contributed by atoms with Crippen molar-refractivity contribution >= 4 is 29.3 Å². The van der Waals surface area contributed by atoms with E-state index in [1.165, 1.54) is 23.0 Å². The van der Waals surface area contributed by atoms with Gasteiger partial charge in [-0.05, 0) is 36.5 Å². The molecule has 26 heavy (non-hydrogen) atoms. The quantitative estimate of drug-likeness (QED) is 0.569. The van der Waals surface area contributed by atoms with E-state index in [4.69, 9.17) is 4.74 Å². The molecule has 5 nitrogen and oxygen atoms in total. The van der Waals surface area contributed by atoms with Gasteiger partial charge in [0.15, 0.2) is 6.61 Å². The lowest BCUT2D eigenvalue weighted by molar-refractivity contribution is -0.143. The molecular weight excluding hydrogens is 348 g/mol. The molecule has 0 unspecified atom stereocenters. The SMILES string of the molecule is Cc1nc(/C=C/C(=O)OCC(=O)NCCc2ccc(C(C)C)cc2)cs1. The predicted octanol–water partition coefficient (Wildman–Crippen LogP) is 3.49. The summed E-state index contributed by atoms with van der Waals surface area (Å²) >= 11 is 1.50. The summed E-state index contributed by atoms with van der Waals surface area (Å²) in [5.74, 6) is -0.364. The van der Waals surface area contributed by atoms with Crippen LogP contribution >= 0.6 is 11.3 Å². The maximum Gasteiger partial charge on any atom is 0.331 e. The van der Waals surface area contributed by atoms with Gasteiger partial charge >= 0.3 is 5.97 Å². The molecule has 0 bridgehead atoms. The number of thiazole rings is 1. The highest BCUT2D eigenvalue weighted by Crippen LogP contribution is 2.14. The van der Waals surface area contributed by atoms with Crippen LogP contribution in [-0.2, 0) is 20.7 Å². The van der Waals surface area contributed by atoms with E-state index in [-0.39, 0.29) is 12.5 Å². The average Bonchev–Trinajstić information content (AvgIpc) is 3.04. The monoisotopic (exact) mass is 372 g/mol. The van der Waals surface area contributed by atoms with E-state index in [1.807, 2.05) is 12.3 Å². The first-order valence-corrected chi connectivity index (χ1v) is 9.44. The fraction of sp³-hybridized carbons (Fsp3) is 0.350. The molecule has 0 radical (unpaired) electrons. The maximum atomic E-state index is 11.7. The molecule has 1 aromatic heterocycles. The minimum absolute atomic E-state index is 0.286. The Morgan fingerprint density at radius 3 is 2.62 bits per heavy atom. The van der Waals surface area contributed by atoms with Crippen LogP contribution in [0.2, 0.25) is 0 Å². The van der Waals surface area contributed by atoms with Gasteiger partial charge in [0.05, 0.1) is 10.7 Å². The molecule has 0 saturated heterocycles. The van der Waals surface area contributed by atoms with Crippen molar-refractivity contribution in [3.8, 4) is 0 Å². The van der Waals surface area contributed by atoms with Gasteiger partial charge in [-0.3, -0.25) is 4.79 Å². The number of benzene rings is 1. The normalized spacial score (nSPS) is 11.1. The van der Waals surface area contributed by atoms with Gasteiger partial charge < -0.3 is 10.1 Å². The molecule has 0 fully saturated rings. The number of nitrogens with zero attached hydrogens (tertiary/aromatic N) is 1. The van der Waals surface area contributed by atoms with Gasteiger partial charge in [0.2, 0.25) is 0 Å². The van der Waals surface area contributed by atoms with Crippen molar-refractivity contribution in [2.24, 2.45) is 0 Å². The van der Waals surface area contributed by atoms with E-state index in [0.717, 1.165) is 17.0 Å². The lowest BCUT2D eigenvalue weighted by atomic mass is 10.0. The van der Waals surface area contributed by atoms with Crippen LogP contribution in [0.5, 0.6) is 0 Å². The number of rotatable bonds is 8. The Bertz CT molecular complexity index is 764. The molecule has 1 heterocycles. The Kier molecular flexibility index (Phi) is 7.53. The van der Waals surface area contributed by atoms with Crippen molar-refractivity contribution < 1.29 is 14.3 Å². The zero-order valence-corrected chi connectivity index (χ0v) is 16.1. The van der Waals surface area contributed by atoms with E-state index in [2.05, 4.69) is 48.4 Å². The molecule has 1 N–H and O–H groups in total. The van der Waals surface area contributed by atoms with Crippen LogP contribution in [0.15, 0.2) is 35.7 Å². The standard InChI is InChI=1S/C20H24N2O3S/c1-14(2)17-6-4-16(5-7-17)10-11-21-19(23)12-25-20(24)9-8-18-13-26-15(3)22-18/h4-9,13-14H,10-12H2,1-3H3,(H,21,23)/b9-8+. The van der Waals surface area contributed by atoms with Crippen molar-refractivity contribution in [1.29, 1.82) is 0 Å². The van der Waals surface area contributed by atoms with Gasteiger partial charge in [-0.1, -0.05) is 38.1 Å². The summed E-state index contributed by atoms with van der Waals surface area (Å²) in [7, 11) is 0. The Hall–Kier alpha value is -2.47. The summed E-state index contributed by atoms with van der Waals surface area (Å²) in [4.78, 5) is 27.5. The van der Waals surface area contributed by atoms with E-state index in [1.54, 1.807) is 6.08 Å². The van der Waals surface area contributed by atoms with Gasteiger partial charge in [-0.2, -0.15) is 0 Å². The van der Waals surface area contributed by atoms with Crippen LogP contribution in [0, 0.1) is 6.92 Å². The van der Waals surface area contributed by atoms with Crippen LogP contribution in [0.25, 0.3) is 6.08 Å². The minimum atomic E-state index is -0.560. The maximum absolute atomic E-state index is 11.7. The summed E-state index contributed by atoms with van der Waals surface area (Å²) in [6.45, 7) is 6.42. The van der Waals surface area contributed by atoms with Gasteiger partial charge in [-0.25, -0.2) is 9.78 Å². The number of amides is 1. The van der Waals surface area contributed by atoms with Crippen LogP contribution in [0.4, 0.5) is 0 Å². The second-order valence-corrected chi connectivity index (χ2v) is 7.29. The molecule has 1 aromatic carbocycles. The minimum Gasteiger partial charge on any atom is -0.452 e. The number of carbonyl (C=O) groups excluding carboxylic acids is 2. The summed E-state index contributed by atoms with van der Waals surface area (Å²) in [6, 6.07) is 8.37. The van der Waals surface area contributed by atoms with Crippen LogP contribution < -0.4 is 5.32 Å². The summed E-state index contributed by atoms with van der Waals surface area (Å²) in [6.07, 6.45) is 3.59. The number of ether oxygens (including phenoxy) is 1. The highest BCUT2D eigenvalue weighted by molar-refractivity contribution is 7.09. The Morgan fingerprint density at radius 2 is 2.00 bits per heavy atom. The summed E-state index contributed by atoms with van der Waals surface area (Å²) < 4.78 is 4.92. The van der Waals surface area contributed by atoms with Gasteiger partial charge in [-0.15, -0.1) is 11.3 Å². The van der Waals surface area contributed by atoms with Crippen LogP contribution in [-0.4, -0.2) is 30.0 Å².